The minimum Gasteiger partial charge on any atom is -0.478 e. The van der Waals surface area contributed by atoms with Crippen LogP contribution in [0.3, 0.4) is 0 Å². The van der Waals surface area contributed by atoms with Gasteiger partial charge in [0.15, 0.2) is 5.60 Å². The first kappa shape index (κ1) is 17.2. The summed E-state index contributed by atoms with van der Waals surface area (Å²) in [5.41, 5.74) is -0.812. The summed E-state index contributed by atoms with van der Waals surface area (Å²) in [5.74, 6) is -1.32. The molecule has 0 bridgehead atoms. The Balaban J connectivity index is 1.93. The minimum absolute atomic E-state index is 0.0266. The second-order valence-electron chi connectivity index (χ2n) is 6.48. The number of anilines is 1. The summed E-state index contributed by atoms with van der Waals surface area (Å²) in [6.45, 7) is 4.96. The van der Waals surface area contributed by atoms with Gasteiger partial charge in [-0.3, -0.25) is 14.5 Å². The first-order valence-corrected chi connectivity index (χ1v) is 8.03. The number of carboxylic acids is 1. The zero-order chi connectivity index (χ0) is 18.2. The standard InChI is InChI=1S/C17H20N2O6/c1-17(2)16(23)19(10-14(20)18-5-7-24-8-6-18)12-9-11(15(21)22)3-4-13(12)25-17/h3-4,9H,5-8,10H2,1-2H3,(H,21,22). The van der Waals surface area contributed by atoms with Gasteiger partial charge in [-0.2, -0.15) is 0 Å². The van der Waals surface area contributed by atoms with Crippen molar-refractivity contribution in [3.05, 3.63) is 23.8 Å². The first-order valence-electron chi connectivity index (χ1n) is 8.03. The number of carboxylic acid groups (broad SMARTS) is 1. The largest absolute Gasteiger partial charge is 0.478 e. The van der Waals surface area contributed by atoms with Crippen molar-refractivity contribution in [2.24, 2.45) is 0 Å². The molecule has 3 rings (SSSR count). The topological polar surface area (TPSA) is 96.4 Å². The van der Waals surface area contributed by atoms with Crippen molar-refractivity contribution in [3.8, 4) is 5.75 Å². The number of ether oxygens (including phenoxy) is 2. The summed E-state index contributed by atoms with van der Waals surface area (Å²) in [6.07, 6.45) is 0. The van der Waals surface area contributed by atoms with E-state index < -0.39 is 11.6 Å². The molecule has 1 N–H and O–H groups in total. The van der Waals surface area contributed by atoms with Gasteiger partial charge in [-0.25, -0.2) is 4.79 Å². The average Bonchev–Trinajstić information content (AvgIpc) is 2.59. The Morgan fingerprint density at radius 3 is 2.56 bits per heavy atom. The van der Waals surface area contributed by atoms with Gasteiger partial charge in [0, 0.05) is 13.1 Å². The van der Waals surface area contributed by atoms with Gasteiger partial charge >= 0.3 is 5.97 Å². The number of rotatable bonds is 3. The van der Waals surface area contributed by atoms with Crippen LogP contribution in [0.4, 0.5) is 5.69 Å². The van der Waals surface area contributed by atoms with E-state index in [4.69, 9.17) is 9.47 Å². The summed E-state index contributed by atoms with van der Waals surface area (Å²) >= 11 is 0. The Hall–Kier alpha value is -2.61. The fourth-order valence-corrected chi connectivity index (χ4v) is 2.91. The maximum atomic E-state index is 12.8. The van der Waals surface area contributed by atoms with E-state index >= 15 is 0 Å². The third kappa shape index (κ3) is 3.30. The fourth-order valence-electron chi connectivity index (χ4n) is 2.91. The summed E-state index contributed by atoms with van der Waals surface area (Å²) in [5, 5.41) is 9.19. The molecule has 0 spiro atoms. The van der Waals surface area contributed by atoms with Crippen molar-refractivity contribution in [2.75, 3.05) is 37.7 Å². The lowest BCUT2D eigenvalue weighted by molar-refractivity contribution is -0.138. The highest BCUT2D eigenvalue weighted by molar-refractivity contribution is 6.06. The zero-order valence-corrected chi connectivity index (χ0v) is 14.2. The van der Waals surface area contributed by atoms with Crippen molar-refractivity contribution < 1.29 is 29.0 Å². The van der Waals surface area contributed by atoms with Crippen LogP contribution < -0.4 is 9.64 Å². The molecule has 8 heteroatoms. The molecule has 1 aromatic carbocycles. The lowest BCUT2D eigenvalue weighted by atomic mass is 10.0. The number of hydrogen-bond donors (Lipinski definition) is 1. The molecule has 0 radical (unpaired) electrons. The van der Waals surface area contributed by atoms with Gasteiger partial charge in [-0.1, -0.05) is 0 Å². The highest BCUT2D eigenvalue weighted by atomic mass is 16.5. The molecule has 25 heavy (non-hydrogen) atoms. The van der Waals surface area contributed by atoms with Gasteiger partial charge in [0.2, 0.25) is 5.91 Å². The molecule has 2 heterocycles. The Kier molecular flexibility index (Phi) is 4.38. The monoisotopic (exact) mass is 348 g/mol. The number of benzene rings is 1. The van der Waals surface area contributed by atoms with Crippen molar-refractivity contribution in [3.63, 3.8) is 0 Å². The van der Waals surface area contributed by atoms with Crippen LogP contribution in [-0.4, -0.2) is 66.2 Å². The van der Waals surface area contributed by atoms with Gasteiger partial charge < -0.3 is 19.5 Å². The van der Waals surface area contributed by atoms with E-state index in [-0.39, 0.29) is 23.9 Å². The van der Waals surface area contributed by atoms with E-state index in [1.165, 1.54) is 23.1 Å². The summed E-state index contributed by atoms with van der Waals surface area (Å²) in [6, 6.07) is 4.28. The van der Waals surface area contributed by atoms with E-state index in [0.29, 0.717) is 37.7 Å². The molecule has 2 aliphatic rings. The molecule has 0 saturated carbocycles. The molecule has 2 amide bonds. The van der Waals surface area contributed by atoms with Crippen molar-refractivity contribution in [1.29, 1.82) is 0 Å². The molecule has 8 nitrogen and oxygen atoms in total. The van der Waals surface area contributed by atoms with E-state index in [0.717, 1.165) is 0 Å². The number of hydrogen-bond acceptors (Lipinski definition) is 5. The highest BCUT2D eigenvalue weighted by Gasteiger charge is 2.42. The van der Waals surface area contributed by atoms with Crippen LogP contribution >= 0.6 is 0 Å². The van der Waals surface area contributed by atoms with E-state index in [1.807, 2.05) is 0 Å². The van der Waals surface area contributed by atoms with Crippen LogP contribution in [0.2, 0.25) is 0 Å². The normalized spacial score (nSPS) is 19.2. The van der Waals surface area contributed by atoms with Gasteiger partial charge in [-0.15, -0.1) is 0 Å². The van der Waals surface area contributed by atoms with Crippen LogP contribution in [0.25, 0.3) is 0 Å². The molecule has 134 valence electrons. The van der Waals surface area contributed by atoms with Gasteiger partial charge in [0.25, 0.3) is 5.91 Å². The number of carbonyl (C=O) groups is 3. The molecule has 0 atom stereocenters. The molecule has 2 aliphatic heterocycles. The Morgan fingerprint density at radius 1 is 1.24 bits per heavy atom. The predicted octanol–water partition coefficient (Wildman–Crippen LogP) is 0.748. The lowest BCUT2D eigenvalue weighted by Crippen LogP contribution is -2.56. The quantitative estimate of drug-likeness (QED) is 0.866. The van der Waals surface area contributed by atoms with E-state index in [2.05, 4.69) is 0 Å². The van der Waals surface area contributed by atoms with Crippen LogP contribution in [0.15, 0.2) is 18.2 Å². The van der Waals surface area contributed by atoms with Crippen molar-refractivity contribution in [1.82, 2.24) is 4.90 Å². The number of fused-ring (bicyclic) bond motifs is 1. The van der Waals surface area contributed by atoms with Gasteiger partial charge in [-0.05, 0) is 32.0 Å². The highest BCUT2D eigenvalue weighted by Crippen LogP contribution is 2.38. The van der Waals surface area contributed by atoms with Crippen LogP contribution in [-0.2, 0) is 14.3 Å². The van der Waals surface area contributed by atoms with Crippen molar-refractivity contribution >= 4 is 23.5 Å². The molecule has 0 aromatic heterocycles. The molecule has 1 saturated heterocycles. The van der Waals surface area contributed by atoms with Crippen LogP contribution in [0.5, 0.6) is 5.75 Å². The summed E-state index contributed by atoms with van der Waals surface area (Å²) in [7, 11) is 0. The minimum atomic E-state index is -1.14. The Bertz CT molecular complexity index is 724. The zero-order valence-electron chi connectivity index (χ0n) is 14.2. The van der Waals surface area contributed by atoms with Gasteiger partial charge in [0.05, 0.1) is 24.5 Å². The summed E-state index contributed by atoms with van der Waals surface area (Å²) in [4.78, 5) is 39.5. The maximum absolute atomic E-state index is 12.8. The third-order valence-electron chi connectivity index (χ3n) is 4.28. The number of nitrogens with zero attached hydrogens (tertiary/aromatic N) is 2. The van der Waals surface area contributed by atoms with Crippen LogP contribution in [0, 0.1) is 0 Å². The second kappa shape index (κ2) is 6.36. The van der Waals surface area contributed by atoms with Crippen molar-refractivity contribution in [2.45, 2.75) is 19.4 Å². The first-order chi connectivity index (χ1) is 11.8. The number of amides is 2. The number of morpholine rings is 1. The molecule has 0 aliphatic carbocycles. The predicted molar refractivity (Wildman–Crippen MR) is 87.9 cm³/mol. The number of carbonyl (C=O) groups excluding carboxylic acids is 2. The number of aromatic carboxylic acids is 1. The third-order valence-corrected chi connectivity index (χ3v) is 4.28. The summed E-state index contributed by atoms with van der Waals surface area (Å²) < 4.78 is 10.9. The second-order valence-corrected chi connectivity index (χ2v) is 6.48. The van der Waals surface area contributed by atoms with E-state index in [1.54, 1.807) is 18.7 Å². The van der Waals surface area contributed by atoms with E-state index in [9.17, 15) is 19.5 Å². The smallest absolute Gasteiger partial charge is 0.335 e. The average molecular weight is 348 g/mol. The lowest BCUT2D eigenvalue weighted by Gasteiger charge is -2.39. The Labute approximate surface area is 144 Å². The molecule has 1 fully saturated rings. The molecule has 1 aromatic rings. The fraction of sp³-hybridized carbons (Fsp3) is 0.471. The SMILES string of the molecule is CC1(C)Oc2ccc(C(=O)O)cc2N(CC(=O)N2CCOCC2)C1=O. The molecule has 0 unspecified atom stereocenters. The van der Waals surface area contributed by atoms with Gasteiger partial charge in [0.1, 0.15) is 12.3 Å². The van der Waals surface area contributed by atoms with Crippen LogP contribution in [0.1, 0.15) is 24.2 Å². The maximum Gasteiger partial charge on any atom is 0.335 e. The molecular weight excluding hydrogens is 328 g/mol. The Morgan fingerprint density at radius 2 is 1.92 bits per heavy atom. The molecular formula is C17H20N2O6.